The number of allylic oxidation sites excluding steroid dienone is 5. The van der Waals surface area contributed by atoms with Crippen molar-refractivity contribution in [3.63, 3.8) is 0 Å². The highest BCUT2D eigenvalue weighted by Gasteiger charge is 2.37. The number of carbonyl (C=O) groups is 2. The van der Waals surface area contributed by atoms with Crippen LogP contribution in [0.3, 0.4) is 0 Å². The SMILES string of the molecule is CN(C)S(=O)(=O)NC(=O)c1ccc2c(C3CCCCC3)c3n(c2c1)CC(C(=O)N1CCC(N2CC[C@@H](F)C2)CC1)=CC1C=CC=CC31. The average molecular weight is 664 g/mol. The molecule has 2 aromatic rings. The predicted octanol–water partition coefficient (Wildman–Crippen LogP) is 5.03. The molecule has 1 N–H and O–H groups in total. The van der Waals surface area contributed by atoms with Gasteiger partial charge in [0.15, 0.2) is 0 Å². The molecule has 1 saturated carbocycles. The van der Waals surface area contributed by atoms with Crippen molar-refractivity contribution in [3.05, 3.63) is 71.0 Å². The zero-order chi connectivity index (χ0) is 32.9. The molecule has 9 nitrogen and oxygen atoms in total. The molecule has 3 aliphatic heterocycles. The fraction of sp³-hybridized carbons (Fsp3) is 0.556. The van der Waals surface area contributed by atoms with Crippen LogP contribution in [0, 0.1) is 5.92 Å². The van der Waals surface area contributed by atoms with Crippen molar-refractivity contribution in [2.75, 3.05) is 40.3 Å². The van der Waals surface area contributed by atoms with Gasteiger partial charge in [-0.2, -0.15) is 12.7 Å². The molecule has 0 bridgehead atoms. The molecule has 3 fully saturated rings. The summed E-state index contributed by atoms with van der Waals surface area (Å²) in [5.74, 6) is -0.218. The van der Waals surface area contributed by atoms with Gasteiger partial charge < -0.3 is 9.47 Å². The first kappa shape index (κ1) is 32.3. The van der Waals surface area contributed by atoms with Gasteiger partial charge in [-0.1, -0.05) is 55.7 Å². The molecule has 2 unspecified atom stereocenters. The number of hydrogen-bond donors (Lipinski definition) is 1. The maximum Gasteiger partial charge on any atom is 0.303 e. The molecule has 252 valence electrons. The highest BCUT2D eigenvalue weighted by Crippen LogP contribution is 2.47. The van der Waals surface area contributed by atoms with E-state index in [9.17, 15) is 22.4 Å². The summed E-state index contributed by atoms with van der Waals surface area (Å²) in [7, 11) is -1.21. The molecule has 1 aromatic heterocycles. The molecule has 2 saturated heterocycles. The minimum atomic E-state index is -3.97. The molecular formula is C36H46FN5O4S. The van der Waals surface area contributed by atoms with Crippen LogP contribution in [-0.2, 0) is 21.5 Å². The highest BCUT2D eigenvalue weighted by atomic mass is 32.2. The Bertz CT molecular complexity index is 1750. The first-order chi connectivity index (χ1) is 22.6. The van der Waals surface area contributed by atoms with Crippen molar-refractivity contribution in [2.24, 2.45) is 5.92 Å². The first-order valence-corrected chi connectivity index (χ1v) is 18.7. The number of hydrogen-bond acceptors (Lipinski definition) is 5. The summed E-state index contributed by atoms with van der Waals surface area (Å²) in [6.45, 7) is 2.97. The standard InChI is InChI=1S/C36H46FN5O4S/c1-39(2)47(45,46)38-35(43)26-12-13-31-32(21-26)42-22-27(36(44)40-18-15-29(16-19-40)41-17-14-28(37)23-41)20-25-10-6-7-11-30(25)34(42)33(31)24-8-4-3-5-9-24/h6-7,10-13,20-21,24-25,28-30H,3-5,8-9,14-19,22-23H2,1-2H3,(H,38,43)/t25?,28-,30?/m1/s1. The van der Waals surface area contributed by atoms with Gasteiger partial charge in [0.1, 0.15) is 6.17 Å². The normalized spacial score (nSPS) is 25.9. The summed E-state index contributed by atoms with van der Waals surface area (Å²) >= 11 is 0. The average Bonchev–Trinajstić information content (AvgIpc) is 3.60. The summed E-state index contributed by atoms with van der Waals surface area (Å²) in [6, 6.07) is 5.82. The molecule has 0 radical (unpaired) electrons. The molecule has 11 heteroatoms. The Balaban J connectivity index is 1.26. The van der Waals surface area contributed by atoms with E-state index in [1.54, 1.807) is 12.1 Å². The Hall–Kier alpha value is -3.28. The van der Waals surface area contributed by atoms with E-state index in [2.05, 4.69) is 44.6 Å². The Labute approximate surface area is 277 Å². The van der Waals surface area contributed by atoms with Gasteiger partial charge in [-0.05, 0) is 55.7 Å². The van der Waals surface area contributed by atoms with Crippen LogP contribution < -0.4 is 4.72 Å². The lowest BCUT2D eigenvalue weighted by Crippen LogP contribution is -2.46. The number of fused-ring (bicyclic) bond motifs is 5. The van der Waals surface area contributed by atoms with Crippen molar-refractivity contribution in [2.45, 2.75) is 82.0 Å². The van der Waals surface area contributed by atoms with Gasteiger partial charge in [0, 0.05) is 85.9 Å². The van der Waals surface area contributed by atoms with E-state index in [4.69, 9.17) is 0 Å². The number of amides is 2. The van der Waals surface area contributed by atoms with Crippen molar-refractivity contribution in [1.82, 2.24) is 23.4 Å². The third kappa shape index (κ3) is 6.22. The number of aromatic nitrogens is 1. The molecule has 1 aromatic carbocycles. The van der Waals surface area contributed by atoms with E-state index in [-0.39, 0.29) is 23.3 Å². The zero-order valence-electron chi connectivity index (χ0n) is 27.4. The number of rotatable bonds is 6. The molecule has 2 amide bonds. The molecule has 0 spiro atoms. The smallest absolute Gasteiger partial charge is 0.303 e. The lowest BCUT2D eigenvalue weighted by atomic mass is 9.77. The van der Waals surface area contributed by atoms with E-state index in [1.165, 1.54) is 44.6 Å². The van der Waals surface area contributed by atoms with Crippen molar-refractivity contribution in [1.29, 1.82) is 0 Å². The topological polar surface area (TPSA) is 95.0 Å². The van der Waals surface area contributed by atoms with Gasteiger partial charge >= 0.3 is 10.2 Å². The summed E-state index contributed by atoms with van der Waals surface area (Å²) in [5.41, 5.74) is 4.35. The van der Waals surface area contributed by atoms with Crippen molar-refractivity contribution < 1.29 is 22.4 Å². The summed E-state index contributed by atoms with van der Waals surface area (Å²) in [5, 5.41) is 1.08. The summed E-state index contributed by atoms with van der Waals surface area (Å²) in [6.07, 6.45) is 18.0. The molecule has 5 aliphatic rings. The molecule has 3 atom stereocenters. The molecule has 4 heterocycles. The lowest BCUT2D eigenvalue weighted by Gasteiger charge is -2.37. The summed E-state index contributed by atoms with van der Waals surface area (Å²) < 4.78 is 44.3. The number of nitrogens with one attached hydrogen (secondary N) is 1. The summed E-state index contributed by atoms with van der Waals surface area (Å²) in [4.78, 5) is 31.8. The number of alkyl halides is 1. The molecule has 7 rings (SSSR count). The minimum Gasteiger partial charge on any atom is -0.339 e. The monoisotopic (exact) mass is 663 g/mol. The van der Waals surface area contributed by atoms with Crippen LogP contribution in [0.15, 0.2) is 54.2 Å². The fourth-order valence-corrected chi connectivity index (χ4v) is 9.05. The Morgan fingerprint density at radius 2 is 1.70 bits per heavy atom. The Morgan fingerprint density at radius 1 is 0.957 bits per heavy atom. The van der Waals surface area contributed by atoms with Crippen LogP contribution >= 0.6 is 0 Å². The maximum absolute atomic E-state index is 14.3. The minimum absolute atomic E-state index is 0.0171. The van der Waals surface area contributed by atoms with Gasteiger partial charge in [0.05, 0.1) is 6.54 Å². The van der Waals surface area contributed by atoms with Gasteiger partial charge in [-0.3, -0.25) is 14.5 Å². The Morgan fingerprint density at radius 3 is 2.40 bits per heavy atom. The van der Waals surface area contributed by atoms with Crippen LogP contribution in [0.1, 0.15) is 84.8 Å². The lowest BCUT2D eigenvalue weighted by molar-refractivity contribution is -0.128. The number of nitrogens with zero attached hydrogens (tertiary/aromatic N) is 4. The second-order valence-corrected chi connectivity index (χ2v) is 16.0. The van der Waals surface area contributed by atoms with Crippen molar-refractivity contribution in [3.8, 4) is 0 Å². The van der Waals surface area contributed by atoms with E-state index in [1.807, 2.05) is 11.0 Å². The zero-order valence-corrected chi connectivity index (χ0v) is 28.2. The maximum atomic E-state index is 14.3. The molecule has 47 heavy (non-hydrogen) atoms. The van der Waals surface area contributed by atoms with Gasteiger partial charge in [0.25, 0.3) is 11.8 Å². The van der Waals surface area contributed by atoms with E-state index in [0.29, 0.717) is 44.6 Å². The van der Waals surface area contributed by atoms with E-state index in [0.717, 1.165) is 53.0 Å². The Kier molecular flexibility index (Phi) is 8.91. The van der Waals surface area contributed by atoms with Crippen LogP contribution in [0.4, 0.5) is 4.39 Å². The van der Waals surface area contributed by atoms with Crippen LogP contribution in [-0.4, -0.2) is 91.4 Å². The third-order valence-corrected chi connectivity index (χ3v) is 12.4. The predicted molar refractivity (Wildman–Crippen MR) is 181 cm³/mol. The largest absolute Gasteiger partial charge is 0.339 e. The fourth-order valence-electron chi connectivity index (χ4n) is 8.52. The highest BCUT2D eigenvalue weighted by molar-refractivity contribution is 7.87. The number of carbonyl (C=O) groups excluding carboxylic acids is 2. The number of piperidine rings is 1. The van der Waals surface area contributed by atoms with Crippen LogP contribution in [0.25, 0.3) is 10.9 Å². The second-order valence-electron chi connectivity index (χ2n) is 14.1. The van der Waals surface area contributed by atoms with Gasteiger partial charge in [-0.25, -0.2) is 9.11 Å². The number of halogens is 1. The quantitative estimate of drug-likeness (QED) is 0.468. The van der Waals surface area contributed by atoms with Crippen LogP contribution in [0.2, 0.25) is 0 Å². The second kappa shape index (κ2) is 13.0. The molecular weight excluding hydrogens is 617 g/mol. The number of benzene rings is 1. The van der Waals surface area contributed by atoms with Gasteiger partial charge in [-0.15, -0.1) is 0 Å². The number of likely N-dealkylation sites (tertiary alicyclic amines) is 2. The van der Waals surface area contributed by atoms with Crippen LogP contribution in [0.5, 0.6) is 0 Å². The third-order valence-electron chi connectivity index (χ3n) is 11.0. The first-order valence-electron chi connectivity index (χ1n) is 17.2. The van der Waals surface area contributed by atoms with Gasteiger partial charge in [0.2, 0.25) is 0 Å². The van der Waals surface area contributed by atoms with E-state index >= 15 is 0 Å². The van der Waals surface area contributed by atoms with E-state index < -0.39 is 22.3 Å². The molecule has 2 aliphatic carbocycles. The van der Waals surface area contributed by atoms with Crippen molar-refractivity contribution >= 4 is 32.9 Å².